The van der Waals surface area contributed by atoms with E-state index < -0.39 is 0 Å². The summed E-state index contributed by atoms with van der Waals surface area (Å²) in [6.07, 6.45) is 11.3. The number of rotatable bonds is 10. The van der Waals surface area contributed by atoms with Crippen molar-refractivity contribution < 1.29 is 4.52 Å². The molecule has 2 fully saturated rings. The average molecular weight is 708 g/mol. The summed E-state index contributed by atoms with van der Waals surface area (Å²) in [6.45, 7) is 7.97. The number of nitrogens with zero attached hydrogens (tertiary/aromatic N) is 7. The molecular weight excluding hydrogens is 663 g/mol. The van der Waals surface area contributed by atoms with Crippen molar-refractivity contribution in [3.63, 3.8) is 0 Å². The fourth-order valence-corrected chi connectivity index (χ4v) is 7.60. The molecule has 0 aliphatic carbocycles. The minimum Gasteiger partial charge on any atom is -0.355 e. The molecule has 2 aliphatic heterocycles. The van der Waals surface area contributed by atoms with Crippen molar-refractivity contribution in [3.8, 4) is 10.6 Å². The summed E-state index contributed by atoms with van der Waals surface area (Å²) >= 11 is 1.66. The van der Waals surface area contributed by atoms with E-state index in [1.165, 1.54) is 0 Å². The molecule has 6 aromatic heterocycles. The van der Waals surface area contributed by atoms with Gasteiger partial charge < -0.3 is 34.5 Å². The molecule has 0 amide bonds. The Morgan fingerprint density at radius 1 is 0.765 bits per heavy atom. The zero-order valence-electron chi connectivity index (χ0n) is 28.8. The molecule has 13 heteroatoms. The Bertz CT molecular complexity index is 2130. The maximum atomic E-state index is 12.3. The van der Waals surface area contributed by atoms with Crippen molar-refractivity contribution in [1.82, 2.24) is 39.4 Å². The van der Waals surface area contributed by atoms with Crippen molar-refractivity contribution in [2.45, 2.75) is 57.4 Å². The summed E-state index contributed by atoms with van der Waals surface area (Å²) in [7, 11) is 0. The zero-order valence-corrected chi connectivity index (χ0v) is 29.6. The first-order valence-corrected chi connectivity index (χ1v) is 18.7. The van der Waals surface area contributed by atoms with Crippen LogP contribution in [0.2, 0.25) is 0 Å². The van der Waals surface area contributed by atoms with Gasteiger partial charge in [-0.15, -0.1) is 11.3 Å². The first kappa shape index (κ1) is 34.9. The Morgan fingerprint density at radius 3 is 1.92 bits per heavy atom. The lowest BCUT2D eigenvalue weighted by atomic mass is 10.0. The molecule has 12 nitrogen and oxygen atoms in total. The molecule has 0 saturated carbocycles. The van der Waals surface area contributed by atoms with Gasteiger partial charge in [-0.05, 0) is 87.6 Å². The Hall–Kier alpha value is -4.53. The van der Waals surface area contributed by atoms with E-state index in [-0.39, 0.29) is 11.1 Å². The third-order valence-corrected chi connectivity index (χ3v) is 10.9. The maximum Gasteiger partial charge on any atom is 0.251 e. The monoisotopic (exact) mass is 707 g/mol. The van der Waals surface area contributed by atoms with Gasteiger partial charge >= 0.3 is 0 Å². The molecule has 0 atom stereocenters. The molecule has 6 aromatic rings. The van der Waals surface area contributed by atoms with E-state index in [2.05, 4.69) is 30.2 Å². The van der Waals surface area contributed by atoms with Crippen LogP contribution in [-0.4, -0.2) is 85.4 Å². The number of aromatic nitrogens is 5. The Labute approximate surface area is 300 Å². The lowest BCUT2D eigenvalue weighted by Gasteiger charge is -2.32. The van der Waals surface area contributed by atoms with Crippen LogP contribution in [0.5, 0.6) is 0 Å². The van der Waals surface area contributed by atoms with Crippen LogP contribution in [0.3, 0.4) is 0 Å². The molecule has 2 aliphatic rings. The van der Waals surface area contributed by atoms with E-state index in [9.17, 15) is 9.59 Å². The van der Waals surface area contributed by atoms with Gasteiger partial charge in [0.1, 0.15) is 0 Å². The molecule has 8 heterocycles. The molecule has 0 radical (unpaired) electrons. The fraction of sp³-hybridized carbons (Fsp3) is 0.395. The van der Waals surface area contributed by atoms with Crippen molar-refractivity contribution in [2.24, 2.45) is 5.73 Å². The third kappa shape index (κ3) is 8.86. The molecule has 2 saturated heterocycles. The highest BCUT2D eigenvalue weighted by atomic mass is 32.1. The number of fused-ring (bicyclic) bond motifs is 2. The molecule has 0 unspecified atom stereocenters. The molecule has 266 valence electrons. The van der Waals surface area contributed by atoms with E-state index in [0.29, 0.717) is 25.2 Å². The Balaban J connectivity index is 0.000000175. The predicted molar refractivity (Wildman–Crippen MR) is 202 cm³/mol. The normalized spacial score (nSPS) is 16.4. The highest BCUT2D eigenvalue weighted by molar-refractivity contribution is 7.13. The smallest absolute Gasteiger partial charge is 0.251 e. The van der Waals surface area contributed by atoms with Crippen LogP contribution >= 0.6 is 11.3 Å². The maximum absolute atomic E-state index is 12.3. The summed E-state index contributed by atoms with van der Waals surface area (Å²) < 4.78 is 9.11. The highest BCUT2D eigenvalue weighted by Gasteiger charge is 2.20. The van der Waals surface area contributed by atoms with Crippen molar-refractivity contribution in [1.29, 1.82) is 0 Å². The quantitative estimate of drug-likeness (QED) is 0.213. The summed E-state index contributed by atoms with van der Waals surface area (Å²) in [6, 6.07) is 17.8. The minimum atomic E-state index is 0.0339. The highest BCUT2D eigenvalue weighted by Crippen LogP contribution is 2.25. The van der Waals surface area contributed by atoms with Gasteiger partial charge in [0.25, 0.3) is 11.1 Å². The number of nitrogens with one attached hydrogen (secondary N) is 1. The lowest BCUT2D eigenvalue weighted by molar-refractivity contribution is 0.191. The molecule has 3 N–H and O–H groups in total. The average Bonchev–Trinajstić information content (AvgIpc) is 3.88. The molecule has 0 bridgehead atoms. The van der Waals surface area contributed by atoms with E-state index >= 15 is 0 Å². The molecular formula is C38H45N9O3S. The number of thiophene rings is 1. The predicted octanol–water partition coefficient (Wildman–Crippen LogP) is 4.19. The third-order valence-electron chi connectivity index (χ3n) is 9.98. The first-order chi connectivity index (χ1) is 25.0. The fourth-order valence-electron chi connectivity index (χ4n) is 6.93. The summed E-state index contributed by atoms with van der Waals surface area (Å²) in [5.41, 5.74) is 8.74. The van der Waals surface area contributed by atoms with E-state index in [0.717, 1.165) is 110 Å². The summed E-state index contributed by atoms with van der Waals surface area (Å²) in [4.78, 5) is 38.6. The van der Waals surface area contributed by atoms with Crippen molar-refractivity contribution >= 4 is 33.1 Å². The zero-order chi connectivity index (χ0) is 35.0. The largest absolute Gasteiger partial charge is 0.355 e. The van der Waals surface area contributed by atoms with Crippen LogP contribution in [0.25, 0.3) is 32.4 Å². The molecule has 8 rings (SSSR count). The van der Waals surface area contributed by atoms with Gasteiger partial charge in [-0.2, -0.15) is 0 Å². The topological polar surface area (TPSA) is 140 Å². The van der Waals surface area contributed by atoms with Crippen LogP contribution < -0.4 is 22.2 Å². The van der Waals surface area contributed by atoms with Crippen LogP contribution in [0, 0.1) is 0 Å². The number of hydrogen-bond acceptors (Lipinski definition) is 11. The molecule has 0 spiro atoms. The second-order valence-corrected chi connectivity index (χ2v) is 14.3. The molecule has 51 heavy (non-hydrogen) atoms. The Kier molecular flexibility index (Phi) is 11.4. The minimum absolute atomic E-state index is 0.0339. The number of nitrogens with two attached hydrogens (primary N) is 1. The summed E-state index contributed by atoms with van der Waals surface area (Å²) in [5.74, 6) is 0.834. The van der Waals surface area contributed by atoms with Gasteiger partial charge in [-0.1, -0.05) is 11.2 Å². The SMILES string of the molecule is NC1CCN(CCn2c(=O)ccc3ccncc32)CC1.O=c1ccc2ccncc2n1CCN1CCC(NCc2cc(-c3cccs3)on2)CC1. The van der Waals surface area contributed by atoms with Gasteiger partial charge in [0.2, 0.25) is 0 Å². The van der Waals surface area contributed by atoms with Crippen LogP contribution in [0.15, 0.2) is 98.9 Å². The second kappa shape index (κ2) is 16.7. The van der Waals surface area contributed by atoms with Crippen molar-refractivity contribution in [2.75, 3.05) is 39.3 Å². The van der Waals surface area contributed by atoms with E-state index in [1.807, 2.05) is 57.0 Å². The van der Waals surface area contributed by atoms with Crippen LogP contribution in [0.4, 0.5) is 0 Å². The number of hydrogen-bond donors (Lipinski definition) is 2. The number of piperidine rings is 2. The number of likely N-dealkylation sites (tertiary alicyclic amines) is 2. The first-order valence-electron chi connectivity index (χ1n) is 17.8. The van der Waals surface area contributed by atoms with Crippen molar-refractivity contribution in [3.05, 3.63) is 111 Å². The van der Waals surface area contributed by atoms with Gasteiger partial charge in [-0.3, -0.25) is 19.6 Å². The second-order valence-electron chi connectivity index (χ2n) is 13.4. The van der Waals surface area contributed by atoms with Gasteiger partial charge in [0, 0.05) is 86.2 Å². The Morgan fingerprint density at radius 2 is 1.35 bits per heavy atom. The standard InChI is InChI=1S/C23H25N5O2S.C15H20N4O/c29-23-4-3-17-5-8-24-16-20(17)28(23)12-11-27-9-6-18(7-10-27)25-15-19-14-21(30-26-19)22-2-1-13-31-22;16-13-4-7-18(8-5-13)9-10-19-14-11-17-6-3-12(14)1-2-15(19)20/h1-5,8,13-14,16,18,25H,6-7,9-12,15H2;1-3,6,11,13H,4-5,7-10,16H2. The molecule has 0 aromatic carbocycles. The van der Waals surface area contributed by atoms with Gasteiger partial charge in [0.05, 0.1) is 34.0 Å². The van der Waals surface area contributed by atoms with Gasteiger partial charge in [-0.25, -0.2) is 0 Å². The van der Waals surface area contributed by atoms with Gasteiger partial charge in [0.15, 0.2) is 5.76 Å². The summed E-state index contributed by atoms with van der Waals surface area (Å²) in [5, 5.41) is 11.9. The number of pyridine rings is 4. The van der Waals surface area contributed by atoms with Crippen LogP contribution in [-0.2, 0) is 19.6 Å². The lowest BCUT2D eigenvalue weighted by Crippen LogP contribution is -2.43. The van der Waals surface area contributed by atoms with E-state index in [4.69, 9.17) is 10.3 Å². The van der Waals surface area contributed by atoms with E-state index in [1.54, 1.807) is 48.3 Å². The van der Waals surface area contributed by atoms with Crippen LogP contribution in [0.1, 0.15) is 31.4 Å².